The number of aromatic nitrogens is 4. The van der Waals surface area contributed by atoms with E-state index in [9.17, 15) is 14.7 Å². The first-order chi connectivity index (χ1) is 15.1. The predicted octanol–water partition coefficient (Wildman–Crippen LogP) is 2.77. The summed E-state index contributed by atoms with van der Waals surface area (Å²) in [5, 5.41) is 27.3. The van der Waals surface area contributed by atoms with E-state index in [0.717, 1.165) is 25.7 Å². The molecule has 10 heteroatoms. The van der Waals surface area contributed by atoms with Gasteiger partial charge in [0.05, 0.1) is 22.7 Å². The van der Waals surface area contributed by atoms with Crippen LogP contribution in [0.3, 0.4) is 0 Å². The lowest BCUT2D eigenvalue weighted by Gasteiger charge is -2.15. The molecule has 2 amide bonds. The molecule has 0 aliphatic heterocycles. The van der Waals surface area contributed by atoms with Crippen LogP contribution in [0.2, 0.25) is 0 Å². The Morgan fingerprint density at radius 2 is 1.84 bits per heavy atom. The molecule has 31 heavy (non-hydrogen) atoms. The number of amides is 2. The zero-order valence-corrected chi connectivity index (χ0v) is 17.5. The Morgan fingerprint density at radius 1 is 1.10 bits per heavy atom. The van der Waals surface area contributed by atoms with Gasteiger partial charge in [0.2, 0.25) is 11.1 Å². The van der Waals surface area contributed by atoms with E-state index in [1.165, 1.54) is 28.6 Å². The van der Waals surface area contributed by atoms with E-state index >= 15 is 0 Å². The van der Waals surface area contributed by atoms with Gasteiger partial charge in [0.15, 0.2) is 0 Å². The summed E-state index contributed by atoms with van der Waals surface area (Å²) < 4.78 is 1.49. The van der Waals surface area contributed by atoms with Crippen LogP contribution in [0.1, 0.15) is 36.0 Å². The van der Waals surface area contributed by atoms with Gasteiger partial charge in [-0.2, -0.15) is 4.68 Å². The molecule has 0 bridgehead atoms. The number of anilines is 1. The minimum atomic E-state index is -0.272. The van der Waals surface area contributed by atoms with E-state index in [-0.39, 0.29) is 29.4 Å². The molecule has 0 spiro atoms. The molecular weight excluding hydrogens is 416 g/mol. The number of tetrazole rings is 1. The van der Waals surface area contributed by atoms with Gasteiger partial charge >= 0.3 is 0 Å². The first kappa shape index (κ1) is 20.9. The minimum absolute atomic E-state index is 0.0665. The van der Waals surface area contributed by atoms with Crippen molar-refractivity contribution in [2.24, 2.45) is 0 Å². The second-order valence-corrected chi connectivity index (χ2v) is 8.17. The van der Waals surface area contributed by atoms with E-state index in [1.54, 1.807) is 36.4 Å². The molecule has 1 fully saturated rings. The second-order valence-electron chi connectivity index (χ2n) is 7.23. The molecular formula is C21H22N6O3S. The summed E-state index contributed by atoms with van der Waals surface area (Å²) >= 11 is 1.17. The van der Waals surface area contributed by atoms with Crippen molar-refractivity contribution in [3.63, 3.8) is 0 Å². The molecule has 0 atom stereocenters. The molecule has 4 rings (SSSR count). The SMILES string of the molecule is O=C(CSc1nnnn1-c1ccc(O)cc1)Nc1ccccc1C(=O)NC1CCCC1. The first-order valence-electron chi connectivity index (χ1n) is 10.0. The maximum atomic E-state index is 12.7. The van der Waals surface area contributed by atoms with Crippen LogP contribution in [0, 0.1) is 0 Å². The second kappa shape index (κ2) is 9.61. The molecule has 1 aliphatic carbocycles. The van der Waals surface area contributed by atoms with Gasteiger partial charge in [-0.05, 0) is 59.7 Å². The fraction of sp³-hybridized carbons (Fsp3) is 0.286. The number of nitrogens with zero attached hydrogens (tertiary/aromatic N) is 4. The molecule has 1 aliphatic rings. The highest BCUT2D eigenvalue weighted by Crippen LogP contribution is 2.22. The molecule has 160 valence electrons. The summed E-state index contributed by atoms with van der Waals surface area (Å²) in [5.74, 6) is -0.240. The Bertz CT molecular complexity index is 1060. The van der Waals surface area contributed by atoms with Crippen molar-refractivity contribution < 1.29 is 14.7 Å². The zero-order chi connectivity index (χ0) is 21.6. The summed E-state index contributed by atoms with van der Waals surface area (Å²) in [6.07, 6.45) is 4.24. The summed E-state index contributed by atoms with van der Waals surface area (Å²) in [6, 6.07) is 13.6. The molecule has 2 aromatic carbocycles. The summed E-state index contributed by atoms with van der Waals surface area (Å²) in [6.45, 7) is 0. The standard InChI is InChI=1S/C21H22N6O3S/c28-16-11-9-15(10-12-16)27-21(24-25-26-27)31-13-19(29)23-18-8-4-3-7-17(18)20(30)22-14-5-1-2-6-14/h3-4,7-12,14,28H,1-2,5-6,13H2,(H,22,30)(H,23,29). The van der Waals surface area contributed by atoms with E-state index in [1.807, 2.05) is 0 Å². The number of para-hydroxylation sites is 1. The fourth-order valence-electron chi connectivity index (χ4n) is 3.46. The molecule has 1 heterocycles. The van der Waals surface area contributed by atoms with Crippen molar-refractivity contribution in [3.05, 3.63) is 54.1 Å². The normalized spacial score (nSPS) is 13.8. The quantitative estimate of drug-likeness (QED) is 0.485. The Balaban J connectivity index is 1.38. The average Bonchev–Trinajstić information content (AvgIpc) is 3.45. The van der Waals surface area contributed by atoms with Crippen molar-refractivity contribution >= 4 is 29.3 Å². The Labute approximate surface area is 183 Å². The third-order valence-corrected chi connectivity index (χ3v) is 5.92. The lowest BCUT2D eigenvalue weighted by Crippen LogP contribution is -2.33. The van der Waals surface area contributed by atoms with Gasteiger partial charge in [0, 0.05) is 6.04 Å². The van der Waals surface area contributed by atoms with E-state index in [4.69, 9.17) is 0 Å². The molecule has 3 N–H and O–H groups in total. The van der Waals surface area contributed by atoms with Gasteiger partial charge in [-0.25, -0.2) is 0 Å². The summed E-state index contributed by atoms with van der Waals surface area (Å²) in [4.78, 5) is 25.2. The van der Waals surface area contributed by atoms with Crippen LogP contribution in [-0.2, 0) is 4.79 Å². The highest BCUT2D eigenvalue weighted by Gasteiger charge is 2.20. The smallest absolute Gasteiger partial charge is 0.253 e. The number of carbonyl (C=O) groups is 2. The van der Waals surface area contributed by atoms with Crippen LogP contribution < -0.4 is 10.6 Å². The zero-order valence-electron chi connectivity index (χ0n) is 16.7. The lowest BCUT2D eigenvalue weighted by atomic mass is 10.1. The molecule has 9 nitrogen and oxygen atoms in total. The highest BCUT2D eigenvalue weighted by molar-refractivity contribution is 7.99. The van der Waals surface area contributed by atoms with Gasteiger partial charge in [0.1, 0.15) is 5.75 Å². The topological polar surface area (TPSA) is 122 Å². The number of thioether (sulfide) groups is 1. The van der Waals surface area contributed by atoms with E-state index < -0.39 is 0 Å². The summed E-state index contributed by atoms with van der Waals surface area (Å²) in [7, 11) is 0. The monoisotopic (exact) mass is 438 g/mol. The van der Waals surface area contributed by atoms with Crippen molar-refractivity contribution in [3.8, 4) is 11.4 Å². The third kappa shape index (κ3) is 5.21. The minimum Gasteiger partial charge on any atom is -0.508 e. The molecule has 0 unspecified atom stereocenters. The Hall–Kier alpha value is -3.40. The fourth-order valence-corrected chi connectivity index (χ4v) is 4.16. The number of rotatable bonds is 7. The Morgan fingerprint density at radius 3 is 2.61 bits per heavy atom. The van der Waals surface area contributed by atoms with Crippen LogP contribution in [0.15, 0.2) is 53.7 Å². The first-order valence-corrected chi connectivity index (χ1v) is 11.0. The number of phenols is 1. The number of hydrogen-bond donors (Lipinski definition) is 3. The van der Waals surface area contributed by atoms with E-state index in [0.29, 0.717) is 22.1 Å². The Kier molecular flexibility index (Phi) is 6.46. The van der Waals surface area contributed by atoms with Crippen LogP contribution in [0.25, 0.3) is 5.69 Å². The molecule has 0 radical (unpaired) electrons. The maximum absolute atomic E-state index is 12.7. The van der Waals surface area contributed by atoms with Crippen molar-refractivity contribution in [2.75, 3.05) is 11.1 Å². The van der Waals surface area contributed by atoms with Crippen LogP contribution in [0.4, 0.5) is 5.69 Å². The lowest BCUT2D eigenvalue weighted by molar-refractivity contribution is -0.113. The molecule has 0 saturated heterocycles. The molecule has 1 saturated carbocycles. The number of carbonyl (C=O) groups excluding carboxylic acids is 2. The van der Waals surface area contributed by atoms with Gasteiger partial charge < -0.3 is 15.7 Å². The third-order valence-electron chi connectivity index (χ3n) is 5.00. The average molecular weight is 439 g/mol. The maximum Gasteiger partial charge on any atom is 0.253 e. The van der Waals surface area contributed by atoms with Gasteiger partial charge in [-0.15, -0.1) is 5.10 Å². The number of benzene rings is 2. The largest absolute Gasteiger partial charge is 0.508 e. The predicted molar refractivity (Wildman–Crippen MR) is 116 cm³/mol. The van der Waals surface area contributed by atoms with Crippen molar-refractivity contribution in [1.29, 1.82) is 0 Å². The van der Waals surface area contributed by atoms with Gasteiger partial charge in [0.25, 0.3) is 5.91 Å². The highest BCUT2D eigenvalue weighted by atomic mass is 32.2. The van der Waals surface area contributed by atoms with Crippen LogP contribution >= 0.6 is 11.8 Å². The van der Waals surface area contributed by atoms with Crippen LogP contribution in [-0.4, -0.2) is 48.9 Å². The number of hydrogen-bond acceptors (Lipinski definition) is 7. The molecule has 1 aromatic heterocycles. The summed E-state index contributed by atoms with van der Waals surface area (Å²) in [5.41, 5.74) is 1.59. The van der Waals surface area contributed by atoms with Crippen LogP contribution in [0.5, 0.6) is 5.75 Å². The molecule has 3 aromatic rings. The van der Waals surface area contributed by atoms with Crippen molar-refractivity contribution in [2.45, 2.75) is 36.9 Å². The van der Waals surface area contributed by atoms with Crippen molar-refractivity contribution in [1.82, 2.24) is 25.5 Å². The van der Waals surface area contributed by atoms with Gasteiger partial charge in [-0.3, -0.25) is 9.59 Å². The van der Waals surface area contributed by atoms with E-state index in [2.05, 4.69) is 26.2 Å². The van der Waals surface area contributed by atoms with Gasteiger partial charge in [-0.1, -0.05) is 36.7 Å². The number of aromatic hydroxyl groups is 1. The number of nitrogens with one attached hydrogen (secondary N) is 2. The number of phenolic OH excluding ortho intramolecular Hbond substituents is 1.